The molecule has 15 heavy (non-hydrogen) atoms. The summed E-state index contributed by atoms with van der Waals surface area (Å²) in [7, 11) is 0. The van der Waals surface area contributed by atoms with Crippen LogP contribution in [0.1, 0.15) is 17.2 Å². The van der Waals surface area contributed by atoms with E-state index in [1.807, 2.05) is 0 Å². The lowest BCUT2D eigenvalue weighted by atomic mass is 9.98. The number of benzene rings is 1. The highest BCUT2D eigenvalue weighted by molar-refractivity contribution is 14.1. The Bertz CT molecular complexity index is 316. The van der Waals surface area contributed by atoms with E-state index in [0.29, 0.717) is 0 Å². The Hall–Kier alpha value is -0.130. The van der Waals surface area contributed by atoms with Gasteiger partial charge in [0.05, 0.1) is 12.7 Å². The Morgan fingerprint density at radius 2 is 2.27 bits per heavy atom. The second-order valence-electron chi connectivity index (χ2n) is 3.70. The molecular weight excluding hydrogens is 301 g/mol. The van der Waals surface area contributed by atoms with E-state index in [-0.39, 0.29) is 6.10 Å². The minimum Gasteiger partial charge on any atom is -0.372 e. The highest BCUT2D eigenvalue weighted by Crippen LogP contribution is 2.25. The average Bonchev–Trinajstić information content (AvgIpc) is 2.30. The van der Waals surface area contributed by atoms with Gasteiger partial charge in [-0.3, -0.25) is 0 Å². The first-order valence-electron chi connectivity index (χ1n) is 5.38. The van der Waals surface area contributed by atoms with E-state index in [2.05, 4.69) is 52.2 Å². The van der Waals surface area contributed by atoms with Crippen LogP contribution in [0, 0.1) is 0 Å². The maximum Gasteiger partial charge on any atom is 0.0952 e. The van der Waals surface area contributed by atoms with Crippen molar-refractivity contribution in [2.24, 2.45) is 0 Å². The van der Waals surface area contributed by atoms with Crippen LogP contribution in [0.25, 0.3) is 0 Å². The molecule has 1 unspecified atom stereocenters. The standard InChI is InChI=1S/C12H16INO/c13-6-7-14-9-12-11-4-2-1-3-10(11)5-8-15-12/h1-4,12,14H,5-9H2. The molecule has 0 radical (unpaired) electrons. The summed E-state index contributed by atoms with van der Waals surface area (Å²) >= 11 is 2.38. The van der Waals surface area contributed by atoms with Crippen molar-refractivity contribution in [1.29, 1.82) is 0 Å². The van der Waals surface area contributed by atoms with Gasteiger partial charge in [0.2, 0.25) is 0 Å². The maximum absolute atomic E-state index is 5.79. The first-order chi connectivity index (χ1) is 7.42. The van der Waals surface area contributed by atoms with Gasteiger partial charge in [-0.2, -0.15) is 0 Å². The zero-order valence-electron chi connectivity index (χ0n) is 8.71. The minimum absolute atomic E-state index is 0.248. The van der Waals surface area contributed by atoms with Gasteiger partial charge in [-0.05, 0) is 17.5 Å². The number of ether oxygens (including phenoxy) is 1. The monoisotopic (exact) mass is 317 g/mol. The van der Waals surface area contributed by atoms with Crippen molar-refractivity contribution in [2.75, 3.05) is 24.1 Å². The highest BCUT2D eigenvalue weighted by atomic mass is 127. The van der Waals surface area contributed by atoms with Crippen molar-refractivity contribution in [3.05, 3.63) is 35.4 Å². The topological polar surface area (TPSA) is 21.3 Å². The van der Waals surface area contributed by atoms with Gasteiger partial charge in [0.1, 0.15) is 0 Å². The first kappa shape index (κ1) is 11.4. The molecule has 0 fully saturated rings. The third kappa shape index (κ3) is 2.92. The fourth-order valence-electron chi connectivity index (χ4n) is 1.95. The zero-order chi connectivity index (χ0) is 10.5. The third-order valence-electron chi connectivity index (χ3n) is 2.69. The molecule has 0 aliphatic carbocycles. The van der Waals surface area contributed by atoms with E-state index in [0.717, 1.165) is 30.5 Å². The predicted molar refractivity (Wildman–Crippen MR) is 70.6 cm³/mol. The molecule has 0 spiro atoms. The molecule has 2 rings (SSSR count). The number of hydrogen-bond donors (Lipinski definition) is 1. The predicted octanol–water partition coefficient (Wildman–Crippen LogP) is 2.33. The van der Waals surface area contributed by atoms with Crippen LogP contribution in [0.4, 0.5) is 0 Å². The van der Waals surface area contributed by atoms with Gasteiger partial charge >= 0.3 is 0 Å². The molecule has 1 aliphatic heterocycles. The molecule has 2 nitrogen and oxygen atoms in total. The molecule has 0 saturated carbocycles. The molecule has 0 amide bonds. The Kier molecular flexibility index (Phi) is 4.41. The molecule has 1 N–H and O–H groups in total. The van der Waals surface area contributed by atoms with Crippen LogP contribution in [-0.2, 0) is 11.2 Å². The van der Waals surface area contributed by atoms with Crippen LogP contribution in [0.3, 0.4) is 0 Å². The quantitative estimate of drug-likeness (QED) is 0.523. The molecule has 1 aromatic carbocycles. The second kappa shape index (κ2) is 5.82. The fraction of sp³-hybridized carbons (Fsp3) is 0.500. The average molecular weight is 317 g/mol. The third-order valence-corrected chi connectivity index (χ3v) is 3.23. The lowest BCUT2D eigenvalue weighted by Crippen LogP contribution is -2.28. The van der Waals surface area contributed by atoms with Gasteiger partial charge in [-0.1, -0.05) is 46.9 Å². The van der Waals surface area contributed by atoms with Crippen molar-refractivity contribution in [1.82, 2.24) is 5.32 Å². The van der Waals surface area contributed by atoms with Gasteiger partial charge in [-0.25, -0.2) is 0 Å². The van der Waals surface area contributed by atoms with Crippen LogP contribution in [0.5, 0.6) is 0 Å². The Morgan fingerprint density at radius 1 is 1.40 bits per heavy atom. The molecule has 1 atom stereocenters. The minimum atomic E-state index is 0.248. The van der Waals surface area contributed by atoms with E-state index >= 15 is 0 Å². The van der Waals surface area contributed by atoms with E-state index in [1.165, 1.54) is 11.1 Å². The Labute approximate surface area is 105 Å². The summed E-state index contributed by atoms with van der Waals surface area (Å²) in [6, 6.07) is 8.60. The smallest absolute Gasteiger partial charge is 0.0952 e. The molecule has 3 heteroatoms. The number of alkyl halides is 1. The largest absolute Gasteiger partial charge is 0.372 e. The number of fused-ring (bicyclic) bond motifs is 1. The highest BCUT2D eigenvalue weighted by Gasteiger charge is 2.19. The lowest BCUT2D eigenvalue weighted by molar-refractivity contribution is 0.0430. The second-order valence-corrected chi connectivity index (χ2v) is 4.78. The normalized spacial score (nSPS) is 19.9. The van der Waals surface area contributed by atoms with E-state index in [4.69, 9.17) is 4.74 Å². The molecule has 1 aliphatic rings. The van der Waals surface area contributed by atoms with Gasteiger partial charge in [0.25, 0.3) is 0 Å². The summed E-state index contributed by atoms with van der Waals surface area (Å²) in [5.74, 6) is 0. The molecule has 82 valence electrons. The number of rotatable bonds is 4. The Balaban J connectivity index is 2.02. The van der Waals surface area contributed by atoms with Crippen molar-refractivity contribution in [3.63, 3.8) is 0 Å². The van der Waals surface area contributed by atoms with Gasteiger partial charge < -0.3 is 10.1 Å². The van der Waals surface area contributed by atoms with E-state index < -0.39 is 0 Å². The van der Waals surface area contributed by atoms with E-state index in [1.54, 1.807) is 0 Å². The molecule has 0 bridgehead atoms. The molecule has 1 aromatic rings. The number of halogens is 1. The van der Waals surface area contributed by atoms with Crippen LogP contribution < -0.4 is 5.32 Å². The van der Waals surface area contributed by atoms with Gasteiger partial charge in [0, 0.05) is 17.5 Å². The van der Waals surface area contributed by atoms with Crippen LogP contribution in [0.15, 0.2) is 24.3 Å². The number of hydrogen-bond acceptors (Lipinski definition) is 2. The van der Waals surface area contributed by atoms with Gasteiger partial charge in [-0.15, -0.1) is 0 Å². The van der Waals surface area contributed by atoms with Crippen molar-refractivity contribution < 1.29 is 4.74 Å². The first-order valence-corrected chi connectivity index (χ1v) is 6.90. The maximum atomic E-state index is 5.79. The van der Waals surface area contributed by atoms with E-state index in [9.17, 15) is 0 Å². The molecule has 0 aromatic heterocycles. The van der Waals surface area contributed by atoms with Gasteiger partial charge in [0.15, 0.2) is 0 Å². The summed E-state index contributed by atoms with van der Waals surface area (Å²) in [5, 5.41) is 3.41. The van der Waals surface area contributed by atoms with Crippen molar-refractivity contribution in [3.8, 4) is 0 Å². The number of nitrogens with one attached hydrogen (secondary N) is 1. The van der Waals surface area contributed by atoms with Crippen molar-refractivity contribution in [2.45, 2.75) is 12.5 Å². The summed E-state index contributed by atoms with van der Waals surface area (Å²) in [5.41, 5.74) is 2.81. The molecular formula is C12H16INO. The van der Waals surface area contributed by atoms with Crippen molar-refractivity contribution >= 4 is 22.6 Å². The SMILES string of the molecule is ICCNCC1OCCc2ccccc21. The summed E-state index contributed by atoms with van der Waals surface area (Å²) in [4.78, 5) is 0. The van der Waals surface area contributed by atoms with Crippen LogP contribution in [-0.4, -0.2) is 24.1 Å². The summed E-state index contributed by atoms with van der Waals surface area (Å²) in [6.45, 7) is 2.84. The van der Waals surface area contributed by atoms with Crippen LogP contribution >= 0.6 is 22.6 Å². The molecule has 0 saturated heterocycles. The fourth-order valence-corrected chi connectivity index (χ4v) is 2.33. The lowest BCUT2D eigenvalue weighted by Gasteiger charge is -2.26. The van der Waals surface area contributed by atoms with Crippen LogP contribution in [0.2, 0.25) is 0 Å². The summed E-state index contributed by atoms with van der Waals surface area (Å²) < 4.78 is 6.93. The Morgan fingerprint density at radius 3 is 3.13 bits per heavy atom. The summed E-state index contributed by atoms with van der Waals surface area (Å²) in [6.07, 6.45) is 1.30. The molecule has 1 heterocycles. The zero-order valence-corrected chi connectivity index (χ0v) is 10.9.